The second-order valence-corrected chi connectivity index (χ2v) is 5.05. The number of aromatic nitrogens is 1. The summed E-state index contributed by atoms with van der Waals surface area (Å²) in [6.45, 7) is 0. The zero-order valence-electron chi connectivity index (χ0n) is 11.1. The van der Waals surface area contributed by atoms with E-state index in [0.717, 1.165) is 18.4 Å². The molecule has 0 aliphatic heterocycles. The number of rotatable bonds is 4. The summed E-state index contributed by atoms with van der Waals surface area (Å²) in [4.78, 5) is 23.1. The van der Waals surface area contributed by atoms with Gasteiger partial charge in [-0.15, -0.1) is 0 Å². The van der Waals surface area contributed by atoms with E-state index in [1.807, 2.05) is 4.57 Å². The number of carboxylic acids is 1. The normalized spacial score (nSPS) is 14.4. The molecule has 1 aliphatic carbocycles. The van der Waals surface area contributed by atoms with Crippen molar-refractivity contribution in [3.63, 3.8) is 0 Å². The van der Waals surface area contributed by atoms with E-state index in [9.17, 15) is 9.59 Å². The summed E-state index contributed by atoms with van der Waals surface area (Å²) in [5.74, 6) is -0.264. The molecule has 1 saturated carbocycles. The van der Waals surface area contributed by atoms with E-state index in [2.05, 4.69) is 0 Å². The van der Waals surface area contributed by atoms with Crippen molar-refractivity contribution in [3.05, 3.63) is 40.2 Å². The number of benzene rings is 1. The number of nitrogens with zero attached hydrogens (tertiary/aromatic N) is 1. The van der Waals surface area contributed by atoms with Crippen molar-refractivity contribution < 1.29 is 14.6 Å². The van der Waals surface area contributed by atoms with E-state index in [4.69, 9.17) is 9.84 Å². The first-order valence-corrected chi connectivity index (χ1v) is 6.54. The summed E-state index contributed by atoms with van der Waals surface area (Å²) < 4.78 is 7.19. The molecule has 1 aromatic carbocycles. The van der Waals surface area contributed by atoms with Crippen LogP contribution in [-0.4, -0.2) is 22.8 Å². The summed E-state index contributed by atoms with van der Waals surface area (Å²) in [5, 5.41) is 9.62. The molecule has 0 amide bonds. The Morgan fingerprint density at radius 1 is 1.40 bits per heavy atom. The van der Waals surface area contributed by atoms with Gasteiger partial charge in [0, 0.05) is 29.3 Å². The monoisotopic (exact) mass is 273 g/mol. The summed E-state index contributed by atoms with van der Waals surface area (Å²) in [7, 11) is 1.57. The SMILES string of the molecule is COc1ccc2c(=O)cc(CC(=O)O)n(C3CC3)c2c1. The minimum Gasteiger partial charge on any atom is -0.497 e. The molecule has 0 radical (unpaired) electrons. The van der Waals surface area contributed by atoms with E-state index < -0.39 is 5.97 Å². The van der Waals surface area contributed by atoms with Crippen LogP contribution in [0.25, 0.3) is 10.9 Å². The zero-order valence-corrected chi connectivity index (χ0v) is 11.1. The number of pyridine rings is 1. The maximum atomic E-state index is 12.1. The largest absolute Gasteiger partial charge is 0.497 e. The third-order valence-corrected chi connectivity index (χ3v) is 3.58. The van der Waals surface area contributed by atoms with E-state index in [1.54, 1.807) is 25.3 Å². The molecule has 1 aliphatic rings. The highest BCUT2D eigenvalue weighted by atomic mass is 16.5. The molecule has 0 saturated heterocycles. The van der Waals surface area contributed by atoms with Crippen molar-refractivity contribution in [2.45, 2.75) is 25.3 Å². The molecule has 2 aromatic rings. The van der Waals surface area contributed by atoms with Crippen LogP contribution in [0.3, 0.4) is 0 Å². The van der Waals surface area contributed by atoms with Crippen molar-refractivity contribution in [1.29, 1.82) is 0 Å². The highest BCUT2D eigenvalue weighted by Gasteiger charge is 2.27. The maximum absolute atomic E-state index is 12.1. The average Bonchev–Trinajstić information content (AvgIpc) is 3.22. The summed E-state index contributed by atoms with van der Waals surface area (Å²) in [5.41, 5.74) is 1.18. The number of methoxy groups -OCH3 is 1. The standard InChI is InChI=1S/C15H15NO4/c1-20-11-4-5-12-13(8-11)16(9-2-3-9)10(6-14(12)17)7-15(18)19/h4-6,8-9H,2-3,7H2,1H3,(H,18,19). The molecule has 1 aromatic heterocycles. The lowest BCUT2D eigenvalue weighted by molar-refractivity contribution is -0.136. The lowest BCUT2D eigenvalue weighted by Crippen LogP contribution is -2.16. The first-order chi connectivity index (χ1) is 9.60. The van der Waals surface area contributed by atoms with Gasteiger partial charge in [-0.3, -0.25) is 9.59 Å². The van der Waals surface area contributed by atoms with Crippen molar-refractivity contribution in [3.8, 4) is 5.75 Å². The molecule has 0 unspecified atom stereocenters. The van der Waals surface area contributed by atoms with Crippen LogP contribution in [-0.2, 0) is 11.2 Å². The molecule has 5 nitrogen and oxygen atoms in total. The lowest BCUT2D eigenvalue weighted by Gasteiger charge is -2.16. The molecule has 5 heteroatoms. The molecule has 0 atom stereocenters. The number of ether oxygens (including phenoxy) is 1. The summed E-state index contributed by atoms with van der Waals surface area (Å²) in [6, 6.07) is 7.03. The van der Waals surface area contributed by atoms with Crippen molar-refractivity contribution in [1.82, 2.24) is 4.57 Å². The van der Waals surface area contributed by atoms with Gasteiger partial charge in [-0.05, 0) is 25.0 Å². The first kappa shape index (κ1) is 12.7. The van der Waals surface area contributed by atoms with Crippen LogP contribution in [0.2, 0.25) is 0 Å². The first-order valence-electron chi connectivity index (χ1n) is 6.54. The highest BCUT2D eigenvalue weighted by Crippen LogP contribution is 2.38. The Balaban J connectivity index is 2.31. The molecule has 20 heavy (non-hydrogen) atoms. The van der Waals surface area contributed by atoms with Crippen LogP contribution in [0, 0.1) is 0 Å². The molecule has 0 spiro atoms. The van der Waals surface area contributed by atoms with Gasteiger partial charge in [0.2, 0.25) is 0 Å². The third-order valence-electron chi connectivity index (χ3n) is 3.58. The molecule has 1 N–H and O–H groups in total. The number of hydrogen-bond donors (Lipinski definition) is 1. The average molecular weight is 273 g/mol. The van der Waals surface area contributed by atoms with Gasteiger partial charge in [0.15, 0.2) is 5.43 Å². The van der Waals surface area contributed by atoms with Crippen LogP contribution in [0.5, 0.6) is 5.75 Å². The Morgan fingerprint density at radius 3 is 2.75 bits per heavy atom. The molecule has 0 bridgehead atoms. The number of carbonyl (C=O) groups is 1. The summed E-state index contributed by atoms with van der Waals surface area (Å²) >= 11 is 0. The van der Waals surface area contributed by atoms with Crippen LogP contribution in [0.4, 0.5) is 0 Å². The maximum Gasteiger partial charge on any atom is 0.309 e. The Hall–Kier alpha value is -2.30. The van der Waals surface area contributed by atoms with E-state index in [-0.39, 0.29) is 11.8 Å². The molecular weight excluding hydrogens is 258 g/mol. The molecular formula is C15H15NO4. The Morgan fingerprint density at radius 2 is 2.15 bits per heavy atom. The minimum absolute atomic E-state index is 0.140. The number of fused-ring (bicyclic) bond motifs is 1. The van der Waals surface area contributed by atoms with Crippen LogP contribution in [0.1, 0.15) is 24.6 Å². The van der Waals surface area contributed by atoms with Crippen LogP contribution in [0.15, 0.2) is 29.1 Å². The van der Waals surface area contributed by atoms with E-state index in [1.165, 1.54) is 6.07 Å². The minimum atomic E-state index is -0.930. The molecule has 104 valence electrons. The van der Waals surface area contributed by atoms with Gasteiger partial charge in [0.25, 0.3) is 0 Å². The van der Waals surface area contributed by atoms with Gasteiger partial charge < -0.3 is 14.4 Å². The zero-order chi connectivity index (χ0) is 14.3. The topological polar surface area (TPSA) is 68.5 Å². The molecule has 3 rings (SSSR count). The van der Waals surface area contributed by atoms with Crippen molar-refractivity contribution in [2.75, 3.05) is 7.11 Å². The lowest BCUT2D eigenvalue weighted by atomic mass is 10.1. The van der Waals surface area contributed by atoms with Gasteiger partial charge in [-0.2, -0.15) is 0 Å². The highest BCUT2D eigenvalue weighted by molar-refractivity contribution is 5.82. The molecule has 1 heterocycles. The summed E-state index contributed by atoms with van der Waals surface area (Å²) in [6.07, 6.45) is 1.89. The number of hydrogen-bond acceptors (Lipinski definition) is 3. The Bertz CT molecular complexity index is 743. The van der Waals surface area contributed by atoms with Crippen molar-refractivity contribution in [2.24, 2.45) is 0 Å². The van der Waals surface area contributed by atoms with Gasteiger partial charge in [0.05, 0.1) is 19.0 Å². The van der Waals surface area contributed by atoms with Crippen molar-refractivity contribution >= 4 is 16.9 Å². The second-order valence-electron chi connectivity index (χ2n) is 5.05. The van der Waals surface area contributed by atoms with Gasteiger partial charge in [-0.1, -0.05) is 0 Å². The second kappa shape index (κ2) is 4.67. The van der Waals surface area contributed by atoms with Gasteiger partial charge in [0.1, 0.15) is 5.75 Å². The van der Waals surface area contributed by atoms with Gasteiger partial charge >= 0.3 is 5.97 Å². The predicted octanol–water partition coefficient (Wildman–Crippen LogP) is 1.97. The van der Waals surface area contributed by atoms with Crippen LogP contribution >= 0.6 is 0 Å². The predicted molar refractivity (Wildman–Crippen MR) is 74.4 cm³/mol. The van der Waals surface area contributed by atoms with E-state index >= 15 is 0 Å². The Labute approximate surface area is 115 Å². The van der Waals surface area contributed by atoms with E-state index in [0.29, 0.717) is 22.9 Å². The number of carboxylic acid groups (broad SMARTS) is 1. The fraction of sp³-hybridized carbons (Fsp3) is 0.333. The quantitative estimate of drug-likeness (QED) is 0.924. The Kier molecular flexibility index (Phi) is 2.97. The molecule has 1 fully saturated rings. The van der Waals surface area contributed by atoms with Crippen LogP contribution < -0.4 is 10.2 Å². The number of aliphatic carboxylic acids is 1. The smallest absolute Gasteiger partial charge is 0.309 e. The third kappa shape index (κ3) is 2.15. The fourth-order valence-corrected chi connectivity index (χ4v) is 2.55. The fourth-order valence-electron chi connectivity index (χ4n) is 2.55. The van der Waals surface area contributed by atoms with Gasteiger partial charge in [-0.25, -0.2) is 0 Å².